The van der Waals surface area contributed by atoms with E-state index in [1.165, 1.54) is 0 Å². The van der Waals surface area contributed by atoms with Crippen LogP contribution in [0.2, 0.25) is 5.15 Å². The van der Waals surface area contributed by atoms with Crippen LogP contribution in [-0.2, 0) is 0 Å². The summed E-state index contributed by atoms with van der Waals surface area (Å²) in [7, 11) is 1.61. The maximum atomic E-state index is 12.8. The van der Waals surface area contributed by atoms with E-state index < -0.39 is 0 Å². The molecule has 1 atom stereocenters. The standard InChI is InChI=1S/C20H19ClN4O3/c1-27-15-7-2-5-13(11-15)19-23-18(24-28-19)14-6-4-10-25(12-14)20(26)16-8-3-9-22-17(16)21/h2-3,5,7-9,11,14H,4,6,10,12H2,1H3/t14-/m1/s1. The maximum Gasteiger partial charge on any atom is 0.258 e. The molecule has 0 radical (unpaired) electrons. The van der Waals surface area contributed by atoms with Gasteiger partial charge < -0.3 is 14.2 Å². The fourth-order valence-corrected chi connectivity index (χ4v) is 3.56. The number of hydrogen-bond acceptors (Lipinski definition) is 6. The second kappa shape index (κ2) is 7.98. The molecule has 1 amide bonds. The number of benzene rings is 1. The average molecular weight is 399 g/mol. The fourth-order valence-electron chi connectivity index (χ4n) is 3.36. The molecule has 1 fully saturated rings. The monoisotopic (exact) mass is 398 g/mol. The lowest BCUT2D eigenvalue weighted by Gasteiger charge is -2.31. The predicted molar refractivity (Wildman–Crippen MR) is 103 cm³/mol. The van der Waals surface area contributed by atoms with Crippen LogP contribution >= 0.6 is 11.6 Å². The van der Waals surface area contributed by atoms with Crippen molar-refractivity contribution in [1.82, 2.24) is 20.0 Å². The Morgan fingerprint density at radius 3 is 3.04 bits per heavy atom. The number of nitrogens with zero attached hydrogens (tertiary/aromatic N) is 4. The number of carbonyl (C=O) groups is 1. The summed E-state index contributed by atoms with van der Waals surface area (Å²) in [5.74, 6) is 1.65. The lowest BCUT2D eigenvalue weighted by Crippen LogP contribution is -2.39. The zero-order valence-electron chi connectivity index (χ0n) is 15.3. The van der Waals surface area contributed by atoms with Crippen LogP contribution in [0, 0.1) is 0 Å². The van der Waals surface area contributed by atoms with Crippen molar-refractivity contribution in [2.45, 2.75) is 18.8 Å². The van der Waals surface area contributed by atoms with E-state index in [0.717, 1.165) is 24.2 Å². The third-order valence-corrected chi connectivity index (χ3v) is 5.12. The molecule has 0 aliphatic carbocycles. The number of ether oxygens (including phenoxy) is 1. The molecule has 3 heterocycles. The minimum atomic E-state index is -0.126. The van der Waals surface area contributed by atoms with E-state index in [9.17, 15) is 4.79 Å². The van der Waals surface area contributed by atoms with Crippen molar-refractivity contribution in [3.63, 3.8) is 0 Å². The van der Waals surface area contributed by atoms with Crippen molar-refractivity contribution < 1.29 is 14.1 Å². The fraction of sp³-hybridized carbons (Fsp3) is 0.300. The molecule has 3 aromatic rings. The topological polar surface area (TPSA) is 81.4 Å². The first-order valence-corrected chi connectivity index (χ1v) is 9.41. The largest absolute Gasteiger partial charge is 0.497 e. The van der Waals surface area contributed by atoms with Gasteiger partial charge in [-0.15, -0.1) is 0 Å². The summed E-state index contributed by atoms with van der Waals surface area (Å²) < 4.78 is 10.7. The zero-order chi connectivity index (χ0) is 19.5. The first-order chi connectivity index (χ1) is 13.7. The Morgan fingerprint density at radius 2 is 2.21 bits per heavy atom. The highest BCUT2D eigenvalue weighted by molar-refractivity contribution is 6.32. The van der Waals surface area contributed by atoms with Gasteiger partial charge in [-0.25, -0.2) is 4.98 Å². The van der Waals surface area contributed by atoms with Gasteiger partial charge in [0.25, 0.3) is 11.8 Å². The molecule has 4 rings (SSSR count). The van der Waals surface area contributed by atoms with Crippen LogP contribution in [0.1, 0.15) is 34.9 Å². The van der Waals surface area contributed by atoms with Crippen LogP contribution in [0.4, 0.5) is 0 Å². The quantitative estimate of drug-likeness (QED) is 0.621. The van der Waals surface area contributed by atoms with Gasteiger partial charge >= 0.3 is 0 Å². The Hall–Kier alpha value is -2.93. The number of pyridine rings is 1. The van der Waals surface area contributed by atoms with Crippen molar-refractivity contribution in [3.8, 4) is 17.2 Å². The number of rotatable bonds is 4. The SMILES string of the molecule is COc1cccc(-c2nc([C@@H]3CCCN(C(=O)c4cccnc4Cl)C3)no2)c1. The van der Waals surface area contributed by atoms with Gasteiger partial charge in [0.05, 0.1) is 12.7 Å². The second-order valence-electron chi connectivity index (χ2n) is 6.62. The Kier molecular flexibility index (Phi) is 5.25. The summed E-state index contributed by atoms with van der Waals surface area (Å²) in [4.78, 5) is 23.1. The molecular formula is C20H19ClN4O3. The highest BCUT2D eigenvalue weighted by atomic mass is 35.5. The third-order valence-electron chi connectivity index (χ3n) is 4.82. The molecule has 7 nitrogen and oxygen atoms in total. The molecular weight excluding hydrogens is 380 g/mol. The van der Waals surface area contributed by atoms with Gasteiger partial charge in [0, 0.05) is 30.8 Å². The Morgan fingerprint density at radius 1 is 1.32 bits per heavy atom. The molecule has 8 heteroatoms. The number of aromatic nitrogens is 3. The summed E-state index contributed by atoms with van der Waals surface area (Å²) >= 11 is 6.08. The van der Waals surface area contributed by atoms with Crippen molar-refractivity contribution >= 4 is 17.5 Å². The Balaban J connectivity index is 1.51. The van der Waals surface area contributed by atoms with Gasteiger partial charge in [0.1, 0.15) is 10.9 Å². The summed E-state index contributed by atoms with van der Waals surface area (Å²) in [6.45, 7) is 1.18. The molecule has 144 valence electrons. The van der Waals surface area contributed by atoms with Crippen LogP contribution in [0.15, 0.2) is 47.1 Å². The van der Waals surface area contributed by atoms with Crippen molar-refractivity contribution in [2.24, 2.45) is 0 Å². The molecule has 0 unspecified atom stereocenters. The lowest BCUT2D eigenvalue weighted by molar-refractivity contribution is 0.0703. The van der Waals surface area contributed by atoms with Crippen molar-refractivity contribution in [3.05, 3.63) is 59.1 Å². The molecule has 2 aromatic heterocycles. The molecule has 1 aliphatic heterocycles. The molecule has 0 saturated carbocycles. The second-order valence-corrected chi connectivity index (χ2v) is 6.98. The Labute approximate surface area is 167 Å². The van der Waals surface area contributed by atoms with Gasteiger partial charge in [-0.2, -0.15) is 4.98 Å². The van der Waals surface area contributed by atoms with Crippen molar-refractivity contribution in [2.75, 3.05) is 20.2 Å². The normalized spacial score (nSPS) is 16.8. The predicted octanol–water partition coefficient (Wildman–Crippen LogP) is 3.81. The maximum absolute atomic E-state index is 12.8. The summed E-state index contributed by atoms with van der Waals surface area (Å²) in [5.41, 5.74) is 1.21. The van der Waals surface area contributed by atoms with Gasteiger partial charge in [0.15, 0.2) is 5.82 Å². The number of piperidine rings is 1. The van der Waals surface area contributed by atoms with Gasteiger partial charge in [-0.05, 0) is 43.2 Å². The van der Waals surface area contributed by atoms with E-state index in [-0.39, 0.29) is 17.0 Å². The third kappa shape index (κ3) is 3.71. The van der Waals surface area contributed by atoms with E-state index in [2.05, 4.69) is 15.1 Å². The number of halogens is 1. The van der Waals surface area contributed by atoms with E-state index in [0.29, 0.717) is 30.4 Å². The molecule has 0 bridgehead atoms. The Bertz CT molecular complexity index is 991. The average Bonchev–Trinajstić information content (AvgIpc) is 3.24. The van der Waals surface area contributed by atoms with Gasteiger partial charge in [-0.3, -0.25) is 4.79 Å². The lowest BCUT2D eigenvalue weighted by atomic mass is 9.97. The first kappa shape index (κ1) is 18.4. The number of methoxy groups -OCH3 is 1. The number of hydrogen-bond donors (Lipinski definition) is 0. The van der Waals surface area contributed by atoms with Crippen LogP contribution in [0.3, 0.4) is 0 Å². The molecule has 1 aromatic carbocycles. The highest BCUT2D eigenvalue weighted by Gasteiger charge is 2.29. The number of likely N-dealkylation sites (tertiary alicyclic amines) is 1. The van der Waals surface area contributed by atoms with Crippen LogP contribution in [0.25, 0.3) is 11.5 Å². The van der Waals surface area contributed by atoms with Gasteiger partial charge in [0.2, 0.25) is 0 Å². The summed E-state index contributed by atoms with van der Waals surface area (Å²) in [6.07, 6.45) is 3.32. The van der Waals surface area contributed by atoms with E-state index in [4.69, 9.17) is 20.9 Å². The number of carbonyl (C=O) groups excluding carboxylic acids is 1. The smallest absolute Gasteiger partial charge is 0.258 e. The molecule has 0 spiro atoms. The zero-order valence-corrected chi connectivity index (χ0v) is 16.1. The van der Waals surface area contributed by atoms with E-state index in [1.807, 2.05) is 24.3 Å². The van der Waals surface area contributed by atoms with Gasteiger partial charge in [-0.1, -0.05) is 22.8 Å². The van der Waals surface area contributed by atoms with E-state index in [1.54, 1.807) is 30.3 Å². The molecule has 1 saturated heterocycles. The molecule has 1 aliphatic rings. The minimum absolute atomic E-state index is 0.0104. The van der Waals surface area contributed by atoms with Crippen molar-refractivity contribution in [1.29, 1.82) is 0 Å². The highest BCUT2D eigenvalue weighted by Crippen LogP contribution is 2.29. The molecule has 28 heavy (non-hydrogen) atoms. The van der Waals surface area contributed by atoms with Crippen LogP contribution in [-0.4, -0.2) is 46.1 Å². The number of amides is 1. The minimum Gasteiger partial charge on any atom is -0.497 e. The first-order valence-electron chi connectivity index (χ1n) is 9.03. The summed E-state index contributed by atoms with van der Waals surface area (Å²) in [5, 5.41) is 4.37. The summed E-state index contributed by atoms with van der Waals surface area (Å²) in [6, 6.07) is 10.9. The molecule has 0 N–H and O–H groups in total. The van der Waals surface area contributed by atoms with E-state index >= 15 is 0 Å². The van der Waals surface area contributed by atoms with Crippen LogP contribution in [0.5, 0.6) is 5.75 Å². The van der Waals surface area contributed by atoms with Crippen LogP contribution < -0.4 is 4.74 Å².